The minimum Gasteiger partial charge on any atom is -0.455 e. The Morgan fingerprint density at radius 3 is 2.26 bits per heavy atom. The van der Waals surface area contributed by atoms with Gasteiger partial charge in [-0.15, -0.1) is 0 Å². The van der Waals surface area contributed by atoms with Gasteiger partial charge in [-0.05, 0) is 30.2 Å². The van der Waals surface area contributed by atoms with Gasteiger partial charge in [-0.25, -0.2) is 4.79 Å². The van der Waals surface area contributed by atoms with E-state index < -0.39 is 76.5 Å². The van der Waals surface area contributed by atoms with Crippen molar-refractivity contribution in [1.82, 2.24) is 0 Å². The lowest BCUT2D eigenvalue weighted by Gasteiger charge is -2.69. The minimum absolute atomic E-state index is 0.0219. The smallest absolute Gasteiger partial charge is 0.338 e. The molecule has 1 aliphatic heterocycles. The number of hydrogen-bond donors (Lipinski definition) is 5. The van der Waals surface area contributed by atoms with Crippen LogP contribution in [0.2, 0.25) is 0 Å². The SMILES string of the molecule is CC(=O)O[C@@]12COC1C[C@H](O)[C@@]1(C)[C@H](O)[C@H](O)C3=C(C)[C@@H](O)C[C@@](O)([C@@H](OC(=O)c4ccccc4)[C@@H]12)C3(C)C. The van der Waals surface area contributed by atoms with Crippen molar-refractivity contribution in [2.24, 2.45) is 16.7 Å². The van der Waals surface area contributed by atoms with E-state index >= 15 is 0 Å². The van der Waals surface area contributed by atoms with Crippen LogP contribution >= 0.6 is 0 Å². The average Bonchev–Trinajstić information content (AvgIpc) is 2.87. The molecule has 2 saturated carbocycles. The summed E-state index contributed by atoms with van der Waals surface area (Å²) in [5, 5.41) is 58.8. The molecule has 2 bridgehead atoms. The molecule has 1 aromatic carbocycles. The average molecular weight is 547 g/mol. The van der Waals surface area contributed by atoms with Gasteiger partial charge in [-0.2, -0.15) is 0 Å². The number of fused-ring (bicyclic) bond motifs is 5. The molecule has 1 unspecified atom stereocenters. The van der Waals surface area contributed by atoms with E-state index in [4.69, 9.17) is 14.2 Å². The van der Waals surface area contributed by atoms with E-state index in [9.17, 15) is 35.1 Å². The lowest BCUT2D eigenvalue weighted by molar-refractivity contribution is -0.365. The van der Waals surface area contributed by atoms with Crippen LogP contribution in [-0.4, -0.2) is 91.9 Å². The fraction of sp³-hybridized carbons (Fsp3) is 0.655. The van der Waals surface area contributed by atoms with E-state index in [-0.39, 0.29) is 30.6 Å². The number of aliphatic hydroxyl groups is 5. The van der Waals surface area contributed by atoms with E-state index in [0.717, 1.165) is 0 Å². The first-order valence-electron chi connectivity index (χ1n) is 13.4. The van der Waals surface area contributed by atoms with Gasteiger partial charge in [-0.1, -0.05) is 39.0 Å². The normalized spacial score (nSPS) is 44.6. The number of carbonyl (C=O) groups excluding carboxylic acids is 2. The second-order valence-electron chi connectivity index (χ2n) is 12.4. The summed E-state index contributed by atoms with van der Waals surface area (Å²) in [4.78, 5) is 26.0. The molecule has 4 aliphatic rings. The summed E-state index contributed by atoms with van der Waals surface area (Å²) in [6, 6.07) is 8.16. The van der Waals surface area contributed by atoms with Crippen molar-refractivity contribution in [1.29, 1.82) is 0 Å². The van der Waals surface area contributed by atoms with Gasteiger partial charge in [0.15, 0.2) is 5.60 Å². The topological polar surface area (TPSA) is 163 Å². The van der Waals surface area contributed by atoms with Crippen molar-refractivity contribution in [2.75, 3.05) is 6.61 Å². The fourth-order valence-corrected chi connectivity index (χ4v) is 7.88. The second kappa shape index (κ2) is 9.09. The van der Waals surface area contributed by atoms with Crippen LogP contribution in [0.5, 0.6) is 0 Å². The first kappa shape index (κ1) is 28.2. The Morgan fingerprint density at radius 2 is 1.69 bits per heavy atom. The predicted molar refractivity (Wildman–Crippen MR) is 136 cm³/mol. The number of carbonyl (C=O) groups is 2. The molecule has 214 valence electrons. The maximum Gasteiger partial charge on any atom is 0.338 e. The second-order valence-corrected chi connectivity index (χ2v) is 12.4. The van der Waals surface area contributed by atoms with Gasteiger partial charge in [-0.3, -0.25) is 4.79 Å². The zero-order chi connectivity index (χ0) is 28.7. The molecule has 0 aromatic heterocycles. The number of esters is 2. The van der Waals surface area contributed by atoms with Crippen LogP contribution in [0.3, 0.4) is 0 Å². The highest BCUT2D eigenvalue weighted by Crippen LogP contribution is 2.64. The molecule has 3 fully saturated rings. The quantitative estimate of drug-likeness (QED) is 0.272. The third kappa shape index (κ3) is 3.69. The summed E-state index contributed by atoms with van der Waals surface area (Å²) in [5.74, 6) is -2.66. The van der Waals surface area contributed by atoms with Crippen LogP contribution in [-0.2, 0) is 19.0 Å². The zero-order valence-electron chi connectivity index (χ0n) is 22.8. The largest absolute Gasteiger partial charge is 0.455 e. The van der Waals surface area contributed by atoms with Crippen molar-refractivity contribution >= 4 is 11.9 Å². The minimum atomic E-state index is -2.02. The number of hydrogen-bond acceptors (Lipinski definition) is 10. The molecule has 39 heavy (non-hydrogen) atoms. The summed E-state index contributed by atoms with van der Waals surface area (Å²) in [6.07, 6.45) is -8.38. The molecule has 10 nitrogen and oxygen atoms in total. The van der Waals surface area contributed by atoms with Crippen LogP contribution in [0.4, 0.5) is 0 Å². The predicted octanol–water partition coefficient (Wildman–Crippen LogP) is 0.874. The Kier molecular flexibility index (Phi) is 6.57. The molecule has 5 N–H and O–H groups in total. The molecule has 0 radical (unpaired) electrons. The standard InChI is InChI=1S/C29H38O10/c1-14-17(31)12-29(36)24(38-25(35)16-9-7-6-8-10-16)22-27(5,23(34)21(33)20(14)26(29,3)4)18(32)11-19-28(22,13-37-19)39-15(2)30/h6-10,17-19,21-24,31-34,36H,11-13H2,1-5H3/t17-,18-,19?,21+,22-,23+,24-,27+,28-,29+/m0/s1. The molecule has 1 heterocycles. The van der Waals surface area contributed by atoms with Crippen molar-refractivity contribution in [2.45, 2.75) is 95.3 Å². The van der Waals surface area contributed by atoms with Crippen molar-refractivity contribution < 1.29 is 49.3 Å². The Balaban J connectivity index is 1.80. The van der Waals surface area contributed by atoms with E-state index in [2.05, 4.69) is 0 Å². The highest BCUT2D eigenvalue weighted by atomic mass is 16.6. The highest BCUT2D eigenvalue weighted by Gasteiger charge is 2.77. The molecule has 3 aliphatic carbocycles. The van der Waals surface area contributed by atoms with Gasteiger partial charge in [0, 0.05) is 30.6 Å². The van der Waals surface area contributed by atoms with Gasteiger partial charge in [0.1, 0.15) is 23.9 Å². The molecule has 10 atom stereocenters. The lowest BCUT2D eigenvalue weighted by atomic mass is 9.44. The Bertz CT molecular complexity index is 1200. The Labute approximate surface area is 227 Å². The lowest BCUT2D eigenvalue weighted by Crippen LogP contribution is -2.82. The fourth-order valence-electron chi connectivity index (χ4n) is 7.88. The van der Waals surface area contributed by atoms with Crippen LogP contribution in [0.25, 0.3) is 0 Å². The molecule has 1 aromatic rings. The first-order chi connectivity index (χ1) is 18.1. The molecule has 1 saturated heterocycles. The summed E-state index contributed by atoms with van der Waals surface area (Å²) >= 11 is 0. The molecular weight excluding hydrogens is 508 g/mol. The van der Waals surface area contributed by atoms with E-state index in [1.165, 1.54) is 6.92 Å². The maximum absolute atomic E-state index is 13.6. The summed E-state index contributed by atoms with van der Waals surface area (Å²) in [6.45, 7) is 7.57. The van der Waals surface area contributed by atoms with Gasteiger partial charge in [0.05, 0.1) is 36.4 Å². The summed E-state index contributed by atoms with van der Waals surface area (Å²) in [7, 11) is 0. The molecule has 10 heteroatoms. The Hall–Kier alpha value is -2.34. The van der Waals surface area contributed by atoms with Gasteiger partial charge >= 0.3 is 11.9 Å². The van der Waals surface area contributed by atoms with Crippen LogP contribution in [0, 0.1) is 16.7 Å². The van der Waals surface area contributed by atoms with Crippen molar-refractivity contribution in [3.8, 4) is 0 Å². The summed E-state index contributed by atoms with van der Waals surface area (Å²) < 4.78 is 17.8. The van der Waals surface area contributed by atoms with Crippen LogP contribution in [0.15, 0.2) is 41.5 Å². The molecule has 5 rings (SSSR count). The number of ether oxygens (including phenoxy) is 3. The Morgan fingerprint density at radius 1 is 1.05 bits per heavy atom. The van der Waals surface area contributed by atoms with Gasteiger partial charge < -0.3 is 39.7 Å². The maximum atomic E-state index is 13.6. The molecular formula is C29H38O10. The van der Waals surface area contributed by atoms with E-state index in [1.54, 1.807) is 58.0 Å². The number of benzene rings is 1. The first-order valence-corrected chi connectivity index (χ1v) is 13.4. The molecule has 0 amide bonds. The van der Waals surface area contributed by atoms with E-state index in [1.807, 2.05) is 0 Å². The van der Waals surface area contributed by atoms with Gasteiger partial charge in [0.2, 0.25) is 0 Å². The van der Waals surface area contributed by atoms with Gasteiger partial charge in [0.25, 0.3) is 0 Å². The zero-order valence-corrected chi connectivity index (χ0v) is 22.8. The molecule has 0 spiro atoms. The number of rotatable bonds is 3. The monoisotopic (exact) mass is 546 g/mol. The van der Waals surface area contributed by atoms with Crippen molar-refractivity contribution in [3.63, 3.8) is 0 Å². The van der Waals surface area contributed by atoms with E-state index in [0.29, 0.717) is 5.57 Å². The third-order valence-electron chi connectivity index (χ3n) is 10.2. The highest BCUT2D eigenvalue weighted by molar-refractivity contribution is 5.89. The van der Waals surface area contributed by atoms with Crippen LogP contribution < -0.4 is 0 Å². The third-order valence-corrected chi connectivity index (χ3v) is 10.2. The van der Waals surface area contributed by atoms with Crippen LogP contribution in [0.1, 0.15) is 57.8 Å². The number of aliphatic hydroxyl groups excluding tert-OH is 4. The van der Waals surface area contributed by atoms with Crippen molar-refractivity contribution in [3.05, 3.63) is 47.0 Å². The summed E-state index contributed by atoms with van der Waals surface area (Å²) in [5.41, 5.74) is -5.70.